The number of hydrogen-bond acceptors (Lipinski definition) is 6. The largest absolute Gasteiger partial charge is 0.465 e. The number of esters is 1. The second kappa shape index (κ2) is 4.85. The van der Waals surface area contributed by atoms with Crippen LogP contribution in [0.15, 0.2) is 6.20 Å². The summed E-state index contributed by atoms with van der Waals surface area (Å²) in [4.78, 5) is 18.7. The number of anilines is 1. The smallest absolute Gasteiger partial charge is 0.349 e. The molecule has 3 heterocycles. The summed E-state index contributed by atoms with van der Waals surface area (Å²) in [5, 5.41) is 4.30. The Labute approximate surface area is 110 Å². The van der Waals surface area contributed by atoms with E-state index < -0.39 is 0 Å². The van der Waals surface area contributed by atoms with Gasteiger partial charge in [-0.2, -0.15) is 0 Å². The number of rotatable bonds is 3. The molecule has 0 amide bonds. The van der Waals surface area contributed by atoms with E-state index in [1.165, 1.54) is 44.4 Å². The molecular formula is C12H17N3O2S. The summed E-state index contributed by atoms with van der Waals surface area (Å²) in [5.41, 5.74) is 0. The van der Waals surface area contributed by atoms with Crippen molar-refractivity contribution in [3.8, 4) is 0 Å². The van der Waals surface area contributed by atoms with Crippen LogP contribution in [0, 0.1) is 0 Å². The fourth-order valence-corrected chi connectivity index (χ4v) is 3.74. The Morgan fingerprint density at radius 2 is 2.44 bits per heavy atom. The van der Waals surface area contributed by atoms with Crippen LogP contribution in [-0.4, -0.2) is 48.1 Å². The topological polar surface area (TPSA) is 54.5 Å². The summed E-state index contributed by atoms with van der Waals surface area (Å²) < 4.78 is 4.68. The van der Waals surface area contributed by atoms with Crippen molar-refractivity contribution in [1.29, 1.82) is 0 Å². The van der Waals surface area contributed by atoms with Gasteiger partial charge >= 0.3 is 5.97 Å². The van der Waals surface area contributed by atoms with E-state index in [1.807, 2.05) is 0 Å². The molecule has 1 aromatic rings. The maximum Gasteiger partial charge on any atom is 0.349 e. The molecule has 1 N–H and O–H groups in total. The van der Waals surface area contributed by atoms with Gasteiger partial charge in [-0.15, -0.1) is 0 Å². The summed E-state index contributed by atoms with van der Waals surface area (Å²) in [5.74, 6) is -0.311. The molecule has 0 aliphatic carbocycles. The van der Waals surface area contributed by atoms with Crippen molar-refractivity contribution in [2.75, 3.05) is 25.5 Å². The molecule has 2 atom stereocenters. The third kappa shape index (κ3) is 2.10. The van der Waals surface area contributed by atoms with E-state index in [-0.39, 0.29) is 5.97 Å². The monoisotopic (exact) mass is 267 g/mol. The fraction of sp³-hybridized carbons (Fsp3) is 0.667. The first-order valence-electron chi connectivity index (χ1n) is 6.32. The van der Waals surface area contributed by atoms with Crippen LogP contribution in [0.4, 0.5) is 5.13 Å². The molecule has 98 valence electrons. The molecule has 6 heteroatoms. The highest BCUT2D eigenvalue weighted by Gasteiger charge is 2.37. The number of fused-ring (bicyclic) bond motifs is 1. The number of thiazole rings is 1. The number of nitrogens with zero attached hydrogens (tertiary/aromatic N) is 2. The Morgan fingerprint density at radius 1 is 1.56 bits per heavy atom. The highest BCUT2D eigenvalue weighted by atomic mass is 32.1. The molecule has 0 aromatic carbocycles. The van der Waals surface area contributed by atoms with Crippen molar-refractivity contribution in [1.82, 2.24) is 9.88 Å². The normalized spacial score (nSPS) is 27.2. The van der Waals surface area contributed by atoms with Crippen LogP contribution in [0.25, 0.3) is 0 Å². The minimum absolute atomic E-state index is 0.311. The van der Waals surface area contributed by atoms with Gasteiger partial charge in [0.1, 0.15) is 4.88 Å². The number of methoxy groups -OCH3 is 1. The van der Waals surface area contributed by atoms with Crippen LogP contribution >= 0.6 is 11.3 Å². The van der Waals surface area contributed by atoms with Crippen LogP contribution in [0.3, 0.4) is 0 Å². The zero-order valence-electron chi connectivity index (χ0n) is 10.4. The lowest BCUT2D eigenvalue weighted by Gasteiger charge is -2.20. The summed E-state index contributed by atoms with van der Waals surface area (Å²) in [6.07, 6.45) is 5.32. The lowest BCUT2D eigenvalue weighted by atomic mass is 10.1. The molecule has 2 fully saturated rings. The molecule has 5 nitrogen and oxygen atoms in total. The molecule has 1 aromatic heterocycles. The summed E-state index contributed by atoms with van der Waals surface area (Å²) in [7, 11) is 1.39. The standard InChI is InChI=1S/C12H17N3O2S/c1-17-11(16)10-7-13-12(18-10)14-8-4-6-15-5-2-3-9(8)15/h7-9H,2-6H2,1H3,(H,13,14). The van der Waals surface area contributed by atoms with Gasteiger partial charge in [0.05, 0.1) is 13.3 Å². The maximum atomic E-state index is 11.4. The van der Waals surface area contributed by atoms with Crippen molar-refractivity contribution in [3.05, 3.63) is 11.1 Å². The predicted molar refractivity (Wildman–Crippen MR) is 70.1 cm³/mol. The molecule has 0 radical (unpaired) electrons. The molecule has 0 spiro atoms. The van der Waals surface area contributed by atoms with E-state index in [9.17, 15) is 4.79 Å². The molecule has 2 saturated heterocycles. The Balaban J connectivity index is 1.66. The number of carbonyl (C=O) groups is 1. The van der Waals surface area contributed by atoms with Crippen molar-refractivity contribution in [3.63, 3.8) is 0 Å². The first-order valence-corrected chi connectivity index (χ1v) is 7.14. The Morgan fingerprint density at radius 3 is 3.28 bits per heavy atom. The van der Waals surface area contributed by atoms with Gasteiger partial charge < -0.3 is 10.1 Å². The van der Waals surface area contributed by atoms with Crippen molar-refractivity contribution < 1.29 is 9.53 Å². The Hall–Kier alpha value is -1.14. The number of carbonyl (C=O) groups excluding carboxylic acids is 1. The zero-order chi connectivity index (χ0) is 12.5. The third-order valence-corrected chi connectivity index (χ3v) is 4.72. The first-order chi connectivity index (χ1) is 8.78. The van der Waals surface area contributed by atoms with Crippen molar-refractivity contribution in [2.45, 2.75) is 31.3 Å². The quantitative estimate of drug-likeness (QED) is 0.843. The molecule has 3 rings (SSSR count). The third-order valence-electron chi connectivity index (χ3n) is 3.81. The molecule has 2 unspecified atom stereocenters. The van der Waals surface area contributed by atoms with Gasteiger partial charge in [-0.25, -0.2) is 9.78 Å². The SMILES string of the molecule is COC(=O)c1cnc(NC2CCN3CCCC23)s1. The van der Waals surface area contributed by atoms with Gasteiger partial charge in [-0.1, -0.05) is 11.3 Å². The summed E-state index contributed by atoms with van der Waals surface area (Å²) >= 11 is 1.37. The number of nitrogens with one attached hydrogen (secondary N) is 1. The van der Waals surface area contributed by atoms with Crippen LogP contribution in [-0.2, 0) is 4.74 Å². The lowest BCUT2D eigenvalue weighted by molar-refractivity contribution is 0.0606. The average molecular weight is 267 g/mol. The summed E-state index contributed by atoms with van der Waals surface area (Å²) in [6.45, 7) is 2.41. The molecular weight excluding hydrogens is 250 g/mol. The number of aromatic nitrogens is 1. The van der Waals surface area contributed by atoms with E-state index in [4.69, 9.17) is 0 Å². The minimum atomic E-state index is -0.311. The second-order valence-electron chi connectivity index (χ2n) is 4.81. The minimum Gasteiger partial charge on any atom is -0.465 e. The molecule has 18 heavy (non-hydrogen) atoms. The number of hydrogen-bond donors (Lipinski definition) is 1. The average Bonchev–Trinajstić information content (AvgIpc) is 3.06. The van der Waals surface area contributed by atoms with Crippen LogP contribution < -0.4 is 5.32 Å². The maximum absolute atomic E-state index is 11.4. The van der Waals surface area contributed by atoms with Crippen LogP contribution in [0.1, 0.15) is 28.9 Å². The van der Waals surface area contributed by atoms with Crippen molar-refractivity contribution in [2.24, 2.45) is 0 Å². The second-order valence-corrected chi connectivity index (χ2v) is 5.84. The van der Waals surface area contributed by atoms with Gasteiger partial charge in [0.15, 0.2) is 5.13 Å². The van der Waals surface area contributed by atoms with Gasteiger partial charge in [-0.3, -0.25) is 4.90 Å². The molecule has 0 saturated carbocycles. The van der Waals surface area contributed by atoms with E-state index in [0.29, 0.717) is 17.0 Å². The number of ether oxygens (including phenoxy) is 1. The van der Waals surface area contributed by atoms with E-state index >= 15 is 0 Å². The van der Waals surface area contributed by atoms with Gasteiger partial charge in [0, 0.05) is 18.6 Å². The van der Waals surface area contributed by atoms with E-state index in [1.54, 1.807) is 6.20 Å². The van der Waals surface area contributed by atoms with Gasteiger partial charge in [0.2, 0.25) is 0 Å². The highest BCUT2D eigenvalue weighted by molar-refractivity contribution is 7.17. The van der Waals surface area contributed by atoms with E-state index in [0.717, 1.165) is 11.6 Å². The zero-order valence-corrected chi connectivity index (χ0v) is 11.2. The molecule has 2 aliphatic rings. The Kier molecular flexibility index (Phi) is 3.22. The first kappa shape index (κ1) is 11.9. The van der Waals surface area contributed by atoms with Crippen LogP contribution in [0.5, 0.6) is 0 Å². The van der Waals surface area contributed by atoms with Crippen LogP contribution in [0.2, 0.25) is 0 Å². The Bertz CT molecular complexity index is 448. The van der Waals surface area contributed by atoms with Crippen molar-refractivity contribution >= 4 is 22.4 Å². The molecule has 2 aliphatic heterocycles. The van der Waals surface area contributed by atoms with Gasteiger partial charge in [-0.05, 0) is 25.8 Å². The van der Waals surface area contributed by atoms with Gasteiger partial charge in [0.25, 0.3) is 0 Å². The predicted octanol–water partition coefficient (Wildman–Crippen LogP) is 1.58. The lowest BCUT2D eigenvalue weighted by Crippen LogP contribution is -2.33. The summed E-state index contributed by atoms with van der Waals surface area (Å²) in [6, 6.07) is 1.12. The highest BCUT2D eigenvalue weighted by Crippen LogP contribution is 2.31. The van der Waals surface area contributed by atoms with E-state index in [2.05, 4.69) is 19.9 Å². The molecule has 0 bridgehead atoms. The fourth-order valence-electron chi connectivity index (χ4n) is 2.95.